The summed E-state index contributed by atoms with van der Waals surface area (Å²) < 4.78 is 1.67. The topological polar surface area (TPSA) is 80.4 Å². The first-order valence-electron chi connectivity index (χ1n) is 5.05. The molecular weight excluding hydrogens is 220 g/mol. The van der Waals surface area contributed by atoms with Gasteiger partial charge in [0.05, 0.1) is 18.1 Å². The highest BCUT2D eigenvalue weighted by Gasteiger charge is 2.06. The first-order chi connectivity index (χ1) is 8.24. The number of nitrogens with zero attached hydrogens (tertiary/aromatic N) is 4. The number of aromatic nitrogens is 4. The zero-order chi connectivity index (χ0) is 11.8. The van der Waals surface area contributed by atoms with E-state index in [-0.39, 0.29) is 6.42 Å². The Morgan fingerprint density at radius 2 is 2.18 bits per heavy atom. The summed E-state index contributed by atoms with van der Waals surface area (Å²) in [4.78, 5) is 10.6. The molecule has 2 aromatic heterocycles. The van der Waals surface area contributed by atoms with Gasteiger partial charge < -0.3 is 5.11 Å². The van der Waals surface area contributed by atoms with E-state index < -0.39 is 5.97 Å². The fourth-order valence-corrected chi connectivity index (χ4v) is 1.78. The predicted molar refractivity (Wildman–Crippen MR) is 59.6 cm³/mol. The molecule has 0 unspecified atom stereocenters. The molecule has 0 aliphatic heterocycles. The van der Waals surface area contributed by atoms with Crippen molar-refractivity contribution in [2.45, 2.75) is 6.42 Å². The average molecular weight is 228 g/mol. The number of hydrogen-bond acceptors (Lipinski definition) is 4. The van der Waals surface area contributed by atoms with Crippen molar-refractivity contribution in [3.8, 4) is 0 Å². The zero-order valence-corrected chi connectivity index (χ0v) is 8.74. The molecule has 3 rings (SSSR count). The van der Waals surface area contributed by atoms with Gasteiger partial charge in [0, 0.05) is 6.07 Å². The quantitative estimate of drug-likeness (QED) is 0.705. The van der Waals surface area contributed by atoms with Gasteiger partial charge in [-0.2, -0.15) is 5.10 Å². The number of fused-ring (bicyclic) bond motifs is 3. The Labute approximate surface area is 95.5 Å². The Balaban J connectivity index is 2.23. The van der Waals surface area contributed by atoms with Gasteiger partial charge in [-0.1, -0.05) is 6.07 Å². The van der Waals surface area contributed by atoms with E-state index in [4.69, 9.17) is 5.11 Å². The van der Waals surface area contributed by atoms with Crippen molar-refractivity contribution >= 4 is 22.6 Å². The van der Waals surface area contributed by atoms with E-state index >= 15 is 0 Å². The van der Waals surface area contributed by atoms with Crippen molar-refractivity contribution in [1.29, 1.82) is 0 Å². The van der Waals surface area contributed by atoms with Crippen LogP contribution in [0.25, 0.3) is 16.7 Å². The molecule has 0 saturated carbocycles. The van der Waals surface area contributed by atoms with Crippen LogP contribution >= 0.6 is 0 Å². The van der Waals surface area contributed by atoms with Gasteiger partial charge in [-0.15, -0.1) is 10.2 Å². The Morgan fingerprint density at radius 1 is 1.29 bits per heavy atom. The van der Waals surface area contributed by atoms with Gasteiger partial charge in [0.2, 0.25) is 0 Å². The van der Waals surface area contributed by atoms with Crippen molar-refractivity contribution < 1.29 is 9.90 Å². The summed E-state index contributed by atoms with van der Waals surface area (Å²) in [7, 11) is 0. The average Bonchev–Trinajstić information content (AvgIpc) is 2.76. The normalized spacial score (nSPS) is 11.1. The summed E-state index contributed by atoms with van der Waals surface area (Å²) in [5.74, 6) is -0.863. The largest absolute Gasteiger partial charge is 0.481 e. The molecule has 6 nitrogen and oxygen atoms in total. The second-order valence-corrected chi connectivity index (χ2v) is 3.69. The van der Waals surface area contributed by atoms with Crippen LogP contribution in [0.3, 0.4) is 0 Å². The monoisotopic (exact) mass is 228 g/mol. The number of benzene rings is 1. The highest BCUT2D eigenvalue weighted by atomic mass is 16.4. The second kappa shape index (κ2) is 3.51. The lowest BCUT2D eigenvalue weighted by molar-refractivity contribution is -0.136. The highest BCUT2D eigenvalue weighted by Crippen LogP contribution is 2.14. The summed E-state index contributed by atoms with van der Waals surface area (Å²) in [5.41, 5.74) is 2.82. The first-order valence-corrected chi connectivity index (χ1v) is 5.05. The molecule has 0 aliphatic rings. The van der Waals surface area contributed by atoms with E-state index in [2.05, 4.69) is 15.3 Å². The number of hydrogen-bond donors (Lipinski definition) is 1. The Morgan fingerprint density at radius 3 is 3.00 bits per heavy atom. The predicted octanol–water partition coefficient (Wildman–Crippen LogP) is 0.905. The number of carbonyl (C=O) groups is 1. The minimum Gasteiger partial charge on any atom is -0.481 e. The Kier molecular flexibility index (Phi) is 2.01. The Bertz CT molecular complexity index is 720. The van der Waals surface area contributed by atoms with Crippen molar-refractivity contribution in [1.82, 2.24) is 19.8 Å². The molecule has 0 spiro atoms. The van der Waals surface area contributed by atoms with E-state index in [0.717, 1.165) is 5.52 Å². The first kappa shape index (κ1) is 9.71. The third kappa shape index (κ3) is 1.59. The van der Waals surface area contributed by atoms with Crippen LogP contribution in [-0.4, -0.2) is 30.9 Å². The van der Waals surface area contributed by atoms with Gasteiger partial charge in [0.15, 0.2) is 5.65 Å². The molecule has 0 bridgehead atoms. The molecule has 3 aromatic rings. The van der Waals surface area contributed by atoms with Gasteiger partial charge in [0.1, 0.15) is 5.52 Å². The molecule has 84 valence electrons. The van der Waals surface area contributed by atoms with Gasteiger partial charge >= 0.3 is 5.97 Å². The van der Waals surface area contributed by atoms with Crippen LogP contribution < -0.4 is 0 Å². The molecule has 0 radical (unpaired) electrons. The van der Waals surface area contributed by atoms with Crippen LogP contribution in [0, 0.1) is 0 Å². The van der Waals surface area contributed by atoms with Gasteiger partial charge in [-0.3, -0.25) is 4.79 Å². The minimum atomic E-state index is -0.863. The highest BCUT2D eigenvalue weighted by molar-refractivity contribution is 5.79. The molecule has 0 aliphatic carbocycles. The van der Waals surface area contributed by atoms with Crippen molar-refractivity contribution in [2.75, 3.05) is 0 Å². The Hall–Kier alpha value is -2.50. The summed E-state index contributed by atoms with van der Waals surface area (Å²) in [6.07, 6.45) is 1.63. The van der Waals surface area contributed by atoms with Gasteiger partial charge in [0.25, 0.3) is 0 Å². The summed E-state index contributed by atoms with van der Waals surface area (Å²) in [6.45, 7) is 0. The fraction of sp³-hybridized carbons (Fsp3) is 0.0909. The molecule has 2 heterocycles. The molecule has 1 aromatic carbocycles. The summed E-state index contributed by atoms with van der Waals surface area (Å²) >= 11 is 0. The van der Waals surface area contributed by atoms with E-state index in [0.29, 0.717) is 16.7 Å². The van der Waals surface area contributed by atoms with Crippen LogP contribution in [0.1, 0.15) is 5.56 Å². The number of carboxylic acid groups (broad SMARTS) is 1. The van der Waals surface area contributed by atoms with E-state index in [1.54, 1.807) is 28.9 Å². The lowest BCUT2D eigenvalue weighted by Gasteiger charge is -2.01. The molecule has 17 heavy (non-hydrogen) atoms. The third-order valence-electron chi connectivity index (χ3n) is 2.51. The lowest BCUT2D eigenvalue weighted by Crippen LogP contribution is -2.01. The molecule has 0 amide bonds. The van der Waals surface area contributed by atoms with E-state index in [1.807, 2.05) is 6.07 Å². The van der Waals surface area contributed by atoms with Crippen molar-refractivity contribution in [2.24, 2.45) is 0 Å². The van der Waals surface area contributed by atoms with Crippen LogP contribution in [-0.2, 0) is 11.2 Å². The maximum Gasteiger partial charge on any atom is 0.307 e. The maximum absolute atomic E-state index is 10.6. The van der Waals surface area contributed by atoms with Crippen molar-refractivity contribution in [3.05, 3.63) is 36.0 Å². The number of aliphatic carboxylic acids is 1. The van der Waals surface area contributed by atoms with E-state index in [9.17, 15) is 4.79 Å². The fourth-order valence-electron chi connectivity index (χ4n) is 1.78. The maximum atomic E-state index is 10.6. The molecule has 1 N–H and O–H groups in total. The molecule has 0 atom stereocenters. The van der Waals surface area contributed by atoms with Crippen LogP contribution in [0.4, 0.5) is 0 Å². The van der Waals surface area contributed by atoms with Crippen LogP contribution in [0.15, 0.2) is 30.5 Å². The van der Waals surface area contributed by atoms with Gasteiger partial charge in [-0.25, -0.2) is 4.52 Å². The van der Waals surface area contributed by atoms with Crippen LogP contribution in [0.2, 0.25) is 0 Å². The summed E-state index contributed by atoms with van der Waals surface area (Å²) in [5, 5.41) is 20.9. The molecule has 0 fully saturated rings. The summed E-state index contributed by atoms with van der Waals surface area (Å²) in [6, 6.07) is 7.05. The van der Waals surface area contributed by atoms with Gasteiger partial charge in [-0.05, 0) is 17.7 Å². The zero-order valence-electron chi connectivity index (χ0n) is 8.74. The molecule has 6 heteroatoms. The number of carboxylic acids is 1. The van der Waals surface area contributed by atoms with Crippen molar-refractivity contribution in [3.63, 3.8) is 0 Å². The third-order valence-corrected chi connectivity index (χ3v) is 2.51. The smallest absolute Gasteiger partial charge is 0.307 e. The standard InChI is InChI=1S/C11H8N4O2/c16-11(17)6-7-1-2-9-8(5-7)13-14-10-3-4-12-15(9)10/h1-5H,6H2,(H,16,17). The van der Waals surface area contributed by atoms with E-state index in [1.165, 1.54) is 0 Å². The number of rotatable bonds is 2. The minimum absolute atomic E-state index is 0.0191. The SMILES string of the molecule is O=C(O)Cc1ccc2c(c1)nnc1ccnn12. The lowest BCUT2D eigenvalue weighted by atomic mass is 10.1. The molecular formula is C11H8N4O2. The van der Waals surface area contributed by atoms with Crippen LogP contribution in [0.5, 0.6) is 0 Å². The second-order valence-electron chi connectivity index (χ2n) is 3.69. The molecule has 0 saturated heterocycles.